The molecule has 0 unspecified atom stereocenters. The molecule has 0 aliphatic carbocycles. The van der Waals surface area contributed by atoms with Gasteiger partial charge in [-0.25, -0.2) is 4.79 Å². The topological polar surface area (TPSA) is 82.0 Å². The van der Waals surface area contributed by atoms with Gasteiger partial charge in [0.05, 0.1) is 32.4 Å². The molecule has 0 atom stereocenters. The summed E-state index contributed by atoms with van der Waals surface area (Å²) in [6.07, 6.45) is 6.25. The zero-order valence-corrected chi connectivity index (χ0v) is 18.9. The maximum absolute atomic E-state index is 12.3. The van der Waals surface area contributed by atoms with Crippen molar-refractivity contribution in [3.05, 3.63) is 29.2 Å². The number of methoxy groups -OCH3 is 1. The van der Waals surface area contributed by atoms with Crippen molar-refractivity contribution in [2.24, 2.45) is 0 Å². The molecule has 0 spiro atoms. The summed E-state index contributed by atoms with van der Waals surface area (Å²) in [7, 11) is 1.43. The number of carbonyl (C=O) groups is 1. The average molecular weight is 442 g/mol. The van der Waals surface area contributed by atoms with Gasteiger partial charge >= 0.3 is 6.09 Å². The Morgan fingerprint density at radius 3 is 2.88 bits per heavy atom. The first kappa shape index (κ1) is 21.1. The summed E-state index contributed by atoms with van der Waals surface area (Å²) in [5.41, 5.74) is 4.29. The van der Waals surface area contributed by atoms with E-state index in [1.165, 1.54) is 12.8 Å². The number of fused-ring (bicyclic) bond motifs is 2. The number of aromatic nitrogens is 3. The minimum absolute atomic E-state index is 0.298. The van der Waals surface area contributed by atoms with Crippen LogP contribution in [0.1, 0.15) is 49.2 Å². The Hall–Kier alpha value is -2.81. The number of nitrogens with zero attached hydrogens (tertiary/aromatic N) is 5. The molecule has 0 saturated carbocycles. The van der Waals surface area contributed by atoms with Crippen molar-refractivity contribution in [1.82, 2.24) is 19.7 Å². The van der Waals surface area contributed by atoms with E-state index in [-0.39, 0.29) is 6.09 Å². The Morgan fingerprint density at radius 2 is 2.09 bits per heavy atom. The van der Waals surface area contributed by atoms with E-state index in [4.69, 9.17) is 19.3 Å². The summed E-state index contributed by atoms with van der Waals surface area (Å²) in [6.45, 7) is 6.07. The lowest BCUT2D eigenvalue weighted by Crippen LogP contribution is -2.37. The molecule has 1 saturated heterocycles. The number of aryl methyl sites for hydroxylation is 1. The smallest absolute Gasteiger partial charge is 0.409 e. The summed E-state index contributed by atoms with van der Waals surface area (Å²) < 4.78 is 18.8. The molecule has 3 aliphatic rings. The molecule has 172 valence electrons. The molecule has 1 fully saturated rings. The summed E-state index contributed by atoms with van der Waals surface area (Å²) >= 11 is 0. The van der Waals surface area contributed by atoms with Gasteiger partial charge in [0.25, 0.3) is 0 Å². The average Bonchev–Trinajstić information content (AvgIpc) is 3.22. The van der Waals surface area contributed by atoms with Crippen LogP contribution in [0.4, 0.5) is 16.3 Å². The third-order valence-corrected chi connectivity index (χ3v) is 6.56. The third-order valence-electron chi connectivity index (χ3n) is 6.56. The minimum Gasteiger partial charge on any atom is -0.489 e. The number of anilines is 2. The zero-order chi connectivity index (χ0) is 22.1. The molecule has 9 heteroatoms. The van der Waals surface area contributed by atoms with Crippen LogP contribution in [0.25, 0.3) is 0 Å². The Labute approximate surface area is 188 Å². The molecule has 2 aromatic rings. The van der Waals surface area contributed by atoms with Gasteiger partial charge in [-0.3, -0.25) is 9.67 Å². The van der Waals surface area contributed by atoms with Crippen LogP contribution in [0.3, 0.4) is 0 Å². The van der Waals surface area contributed by atoms with Gasteiger partial charge in [0, 0.05) is 49.2 Å². The lowest BCUT2D eigenvalue weighted by Gasteiger charge is -2.32. The second-order valence-corrected chi connectivity index (χ2v) is 8.57. The van der Waals surface area contributed by atoms with E-state index in [9.17, 15) is 4.79 Å². The van der Waals surface area contributed by atoms with E-state index in [0.29, 0.717) is 32.3 Å². The Kier molecular flexibility index (Phi) is 5.91. The molecule has 5 heterocycles. The van der Waals surface area contributed by atoms with Crippen LogP contribution in [0.2, 0.25) is 0 Å². The second kappa shape index (κ2) is 8.97. The maximum atomic E-state index is 12.3. The number of rotatable bonds is 4. The molecule has 0 aromatic carbocycles. The molecular formula is C23H31N5O4. The van der Waals surface area contributed by atoms with E-state index in [2.05, 4.69) is 21.5 Å². The quantitative estimate of drug-likeness (QED) is 0.720. The lowest BCUT2D eigenvalue weighted by atomic mass is 10.0. The van der Waals surface area contributed by atoms with E-state index in [1.807, 2.05) is 12.3 Å². The fraction of sp³-hybridized carbons (Fsp3) is 0.609. The number of carbonyl (C=O) groups excluding carboxylic acids is 1. The third kappa shape index (κ3) is 3.79. The van der Waals surface area contributed by atoms with Gasteiger partial charge in [-0.2, -0.15) is 5.10 Å². The van der Waals surface area contributed by atoms with Gasteiger partial charge in [0.2, 0.25) is 0 Å². The summed E-state index contributed by atoms with van der Waals surface area (Å²) in [6, 6.07) is 2.37. The van der Waals surface area contributed by atoms with Gasteiger partial charge < -0.3 is 24.0 Å². The van der Waals surface area contributed by atoms with Crippen molar-refractivity contribution in [2.75, 3.05) is 44.9 Å². The molecular weight excluding hydrogens is 410 g/mol. The summed E-state index contributed by atoms with van der Waals surface area (Å²) in [5, 5.41) is 5.14. The molecule has 3 aliphatic heterocycles. The van der Waals surface area contributed by atoms with Gasteiger partial charge in [0.1, 0.15) is 18.0 Å². The SMILES string of the molecule is CCCc1cc2c(cn1)N(c1nn(C3CCOCC3)c3c1CN(C(=O)OC)CC3)CCO2. The fourth-order valence-electron chi connectivity index (χ4n) is 4.93. The van der Waals surface area contributed by atoms with Gasteiger partial charge in [0.15, 0.2) is 5.82 Å². The minimum atomic E-state index is -0.298. The standard InChI is InChI=1S/C23H31N5O4/c1-3-4-16-13-21-20(14-24-16)27(9-12-32-21)22-18-15-26(23(29)30-2)8-5-19(18)28(25-22)17-6-10-31-11-7-17/h13-14,17H,3-12,15H2,1-2H3. The Morgan fingerprint density at radius 1 is 1.25 bits per heavy atom. The van der Waals surface area contributed by atoms with Gasteiger partial charge in [-0.05, 0) is 19.3 Å². The molecule has 0 N–H and O–H groups in total. The monoisotopic (exact) mass is 441 g/mol. The molecule has 9 nitrogen and oxygen atoms in total. The van der Waals surface area contributed by atoms with Crippen LogP contribution >= 0.6 is 0 Å². The number of hydrogen-bond donors (Lipinski definition) is 0. The van der Waals surface area contributed by atoms with Gasteiger partial charge in [-0.1, -0.05) is 13.3 Å². The first-order valence-corrected chi connectivity index (χ1v) is 11.6. The fourth-order valence-corrected chi connectivity index (χ4v) is 4.93. The second-order valence-electron chi connectivity index (χ2n) is 8.57. The highest BCUT2D eigenvalue weighted by Crippen LogP contribution is 2.41. The predicted molar refractivity (Wildman–Crippen MR) is 119 cm³/mol. The van der Waals surface area contributed by atoms with Crippen LogP contribution < -0.4 is 9.64 Å². The van der Waals surface area contributed by atoms with Crippen LogP contribution in [-0.2, 0) is 28.9 Å². The van der Waals surface area contributed by atoms with Gasteiger partial charge in [-0.15, -0.1) is 0 Å². The van der Waals surface area contributed by atoms with E-state index >= 15 is 0 Å². The van der Waals surface area contributed by atoms with Crippen LogP contribution in [-0.4, -0.2) is 65.8 Å². The highest BCUT2D eigenvalue weighted by Gasteiger charge is 2.34. The van der Waals surface area contributed by atoms with Crippen molar-refractivity contribution in [2.45, 2.75) is 51.6 Å². The van der Waals surface area contributed by atoms with Crippen molar-refractivity contribution in [1.29, 1.82) is 0 Å². The Bertz CT molecular complexity index is 985. The molecule has 0 bridgehead atoms. The number of pyridine rings is 1. The van der Waals surface area contributed by atoms with Crippen LogP contribution in [0.15, 0.2) is 12.3 Å². The molecule has 0 radical (unpaired) electrons. The Balaban J connectivity index is 1.55. The van der Waals surface area contributed by atoms with E-state index in [0.717, 1.165) is 73.8 Å². The normalized spacial score (nSPS) is 18.7. The number of amides is 1. The predicted octanol–water partition coefficient (Wildman–Crippen LogP) is 3.24. The molecule has 5 rings (SSSR count). The van der Waals surface area contributed by atoms with Crippen molar-refractivity contribution >= 4 is 17.6 Å². The number of hydrogen-bond acceptors (Lipinski definition) is 7. The summed E-state index contributed by atoms with van der Waals surface area (Å²) in [5.74, 6) is 1.75. The van der Waals surface area contributed by atoms with Crippen LogP contribution in [0.5, 0.6) is 5.75 Å². The van der Waals surface area contributed by atoms with Crippen LogP contribution in [0, 0.1) is 0 Å². The van der Waals surface area contributed by atoms with Crippen molar-refractivity contribution in [3.63, 3.8) is 0 Å². The molecule has 32 heavy (non-hydrogen) atoms. The first-order valence-electron chi connectivity index (χ1n) is 11.6. The first-order chi connectivity index (χ1) is 15.7. The highest BCUT2D eigenvalue weighted by molar-refractivity contribution is 5.72. The number of ether oxygens (including phenoxy) is 3. The lowest BCUT2D eigenvalue weighted by molar-refractivity contribution is 0.0649. The molecule has 2 aromatic heterocycles. The highest BCUT2D eigenvalue weighted by atomic mass is 16.5. The van der Waals surface area contributed by atoms with E-state index < -0.39 is 0 Å². The zero-order valence-electron chi connectivity index (χ0n) is 18.9. The van der Waals surface area contributed by atoms with Crippen molar-refractivity contribution in [3.8, 4) is 5.75 Å². The summed E-state index contributed by atoms with van der Waals surface area (Å²) in [4.78, 5) is 20.9. The molecule has 1 amide bonds. The van der Waals surface area contributed by atoms with E-state index in [1.54, 1.807) is 4.90 Å². The largest absolute Gasteiger partial charge is 0.489 e. The van der Waals surface area contributed by atoms with Crippen molar-refractivity contribution < 1.29 is 19.0 Å². The maximum Gasteiger partial charge on any atom is 0.409 e.